The van der Waals surface area contributed by atoms with Crippen LogP contribution < -0.4 is 27.3 Å². The van der Waals surface area contributed by atoms with Crippen LogP contribution in [0.4, 0.5) is 15.9 Å². The largest absolute Gasteiger partial charge is 0.477 e. The highest BCUT2D eigenvalue weighted by molar-refractivity contribution is 5.94. The highest BCUT2D eigenvalue weighted by Gasteiger charge is 2.33. The fraction of sp³-hybridized carbons (Fsp3) is 0.429. The number of carboxylic acid groups (broad SMARTS) is 1. The number of nitrogens with one attached hydrogen (secondary N) is 4. The number of anilines is 2. The van der Waals surface area contributed by atoms with Crippen molar-refractivity contribution in [2.75, 3.05) is 25.0 Å². The Morgan fingerprint density at radius 2 is 1.91 bits per heavy atom. The van der Waals surface area contributed by atoms with E-state index in [0.29, 0.717) is 55.1 Å². The highest BCUT2D eigenvalue weighted by atomic mass is 19.1. The molecular formula is C35H41FN6O5. The molecule has 2 atom stereocenters. The molecule has 5 N–H and O–H groups in total. The monoisotopic (exact) mass is 644 g/mol. The van der Waals surface area contributed by atoms with E-state index < -0.39 is 34.5 Å². The lowest BCUT2D eigenvalue weighted by atomic mass is 9.95. The fourth-order valence-electron chi connectivity index (χ4n) is 6.80. The molecule has 2 fully saturated rings. The standard InChI is InChI=1S/C35H41FN6O5/c1-4-21-14-23(10-7-19(21)2)38-29-17-30(43)42(35(47)40-29)12-5-6-28(41-13-11-37-20(3)18-41)24-16-27-25(15-26(24)36)33(44)31(34(45)46)32(39-27)22-8-9-22/h7,10,14-17,20,22,28,37-38H,4-6,8-9,11-13,18H2,1-3H3,(H,39,44)(H,40,47)(H,45,46)/t20?,28-/m1/s1. The third-order valence-corrected chi connectivity index (χ3v) is 9.44. The molecule has 1 aliphatic carbocycles. The Morgan fingerprint density at radius 3 is 2.60 bits per heavy atom. The highest BCUT2D eigenvalue weighted by Crippen LogP contribution is 2.41. The first kappa shape index (κ1) is 32.4. The molecule has 0 bridgehead atoms. The van der Waals surface area contributed by atoms with Crippen molar-refractivity contribution in [3.63, 3.8) is 0 Å². The Labute approximate surface area is 270 Å². The first-order valence-corrected chi connectivity index (χ1v) is 16.3. The molecular weight excluding hydrogens is 603 g/mol. The van der Waals surface area contributed by atoms with Crippen LogP contribution in [0, 0.1) is 12.7 Å². The van der Waals surface area contributed by atoms with Crippen molar-refractivity contribution < 1.29 is 14.3 Å². The van der Waals surface area contributed by atoms with Gasteiger partial charge < -0.3 is 20.7 Å². The van der Waals surface area contributed by atoms with Gasteiger partial charge in [-0.25, -0.2) is 14.0 Å². The van der Waals surface area contributed by atoms with Gasteiger partial charge in [-0.3, -0.25) is 24.0 Å². The van der Waals surface area contributed by atoms with Crippen LogP contribution >= 0.6 is 0 Å². The molecule has 0 amide bonds. The smallest absolute Gasteiger partial charge is 0.341 e. The van der Waals surface area contributed by atoms with Crippen molar-refractivity contribution in [3.8, 4) is 0 Å². The van der Waals surface area contributed by atoms with Crippen LogP contribution in [0.15, 0.2) is 50.8 Å². The number of aromatic amines is 2. The van der Waals surface area contributed by atoms with E-state index in [1.54, 1.807) is 6.07 Å². The third-order valence-electron chi connectivity index (χ3n) is 9.44. The summed E-state index contributed by atoms with van der Waals surface area (Å²) >= 11 is 0. The number of fused-ring (bicyclic) bond motifs is 1. The number of halogens is 1. The average molecular weight is 645 g/mol. The number of carbonyl (C=O) groups is 1. The predicted molar refractivity (Wildman–Crippen MR) is 180 cm³/mol. The maximum Gasteiger partial charge on any atom is 0.341 e. The number of nitrogens with zero attached hydrogens (tertiary/aromatic N) is 2. The van der Waals surface area contributed by atoms with E-state index >= 15 is 4.39 Å². The lowest BCUT2D eigenvalue weighted by molar-refractivity contribution is 0.0694. The Hall–Kier alpha value is -4.55. The van der Waals surface area contributed by atoms with E-state index in [-0.39, 0.29) is 29.5 Å². The molecule has 2 aliphatic rings. The number of aryl methyl sites for hydroxylation is 2. The minimum absolute atomic E-state index is 0.00354. The number of piperazine rings is 1. The summed E-state index contributed by atoms with van der Waals surface area (Å²) in [4.78, 5) is 59.4. The molecule has 1 unspecified atom stereocenters. The average Bonchev–Trinajstić information content (AvgIpc) is 3.87. The van der Waals surface area contributed by atoms with Gasteiger partial charge in [0.05, 0.1) is 5.52 Å². The molecule has 1 aliphatic heterocycles. The molecule has 0 radical (unpaired) electrons. The zero-order valence-corrected chi connectivity index (χ0v) is 26.9. The summed E-state index contributed by atoms with van der Waals surface area (Å²) in [6.45, 7) is 8.33. The molecule has 6 rings (SSSR count). The number of rotatable bonds is 11. The normalized spacial score (nSPS) is 17.6. The number of carboxylic acids is 1. The summed E-state index contributed by atoms with van der Waals surface area (Å²) in [5.74, 6) is -1.64. The second kappa shape index (κ2) is 13.3. The summed E-state index contributed by atoms with van der Waals surface area (Å²) in [6.07, 6.45) is 3.30. The molecule has 3 heterocycles. The van der Waals surface area contributed by atoms with E-state index in [1.807, 2.05) is 25.1 Å². The summed E-state index contributed by atoms with van der Waals surface area (Å²) in [7, 11) is 0. The molecule has 248 valence electrons. The topological polar surface area (TPSA) is 152 Å². The van der Waals surface area contributed by atoms with Gasteiger partial charge in [0.1, 0.15) is 17.2 Å². The molecule has 47 heavy (non-hydrogen) atoms. The molecule has 4 aromatic rings. The molecule has 11 nitrogen and oxygen atoms in total. The maximum atomic E-state index is 15.9. The van der Waals surface area contributed by atoms with Crippen LogP contribution in [0.25, 0.3) is 10.9 Å². The first-order valence-electron chi connectivity index (χ1n) is 16.3. The minimum Gasteiger partial charge on any atom is -0.477 e. The number of hydrogen-bond donors (Lipinski definition) is 5. The van der Waals surface area contributed by atoms with Crippen molar-refractivity contribution in [1.82, 2.24) is 24.8 Å². The predicted octanol–water partition coefficient (Wildman–Crippen LogP) is 4.52. The van der Waals surface area contributed by atoms with Gasteiger partial charge in [-0.15, -0.1) is 0 Å². The zero-order chi connectivity index (χ0) is 33.4. The van der Waals surface area contributed by atoms with Crippen LogP contribution in [0.3, 0.4) is 0 Å². The first-order chi connectivity index (χ1) is 22.5. The van der Waals surface area contributed by atoms with Gasteiger partial charge in [0, 0.05) is 72.6 Å². The van der Waals surface area contributed by atoms with Crippen molar-refractivity contribution in [1.29, 1.82) is 0 Å². The van der Waals surface area contributed by atoms with Crippen molar-refractivity contribution in [2.45, 2.75) is 77.4 Å². The van der Waals surface area contributed by atoms with Crippen molar-refractivity contribution in [2.24, 2.45) is 0 Å². The number of H-pyrrole nitrogens is 2. The Morgan fingerprint density at radius 1 is 1.13 bits per heavy atom. The van der Waals surface area contributed by atoms with Crippen LogP contribution in [-0.2, 0) is 13.0 Å². The van der Waals surface area contributed by atoms with E-state index in [1.165, 1.54) is 17.2 Å². The number of hydrogen-bond acceptors (Lipinski definition) is 7. The quantitative estimate of drug-likeness (QED) is 0.160. The van der Waals surface area contributed by atoms with Crippen molar-refractivity contribution in [3.05, 3.63) is 101 Å². The Kier molecular flexibility index (Phi) is 9.16. The van der Waals surface area contributed by atoms with Gasteiger partial charge in [0.2, 0.25) is 5.43 Å². The molecule has 2 aromatic carbocycles. The van der Waals surface area contributed by atoms with Gasteiger partial charge in [-0.05, 0) is 81.3 Å². The van der Waals surface area contributed by atoms with Crippen molar-refractivity contribution >= 4 is 28.4 Å². The lowest BCUT2D eigenvalue weighted by Crippen LogP contribution is -2.50. The van der Waals surface area contributed by atoms with E-state index in [4.69, 9.17) is 0 Å². The molecule has 1 saturated heterocycles. The van der Waals surface area contributed by atoms with Crippen LogP contribution in [0.1, 0.15) is 84.2 Å². The number of aromatic nitrogens is 3. The van der Waals surface area contributed by atoms with Gasteiger partial charge in [-0.1, -0.05) is 13.0 Å². The van der Waals surface area contributed by atoms with Gasteiger partial charge in [-0.2, -0.15) is 0 Å². The fourth-order valence-corrected chi connectivity index (χ4v) is 6.80. The summed E-state index contributed by atoms with van der Waals surface area (Å²) in [5, 5.41) is 16.3. The maximum absolute atomic E-state index is 15.9. The molecule has 0 spiro atoms. The number of aromatic carboxylic acids is 1. The number of pyridine rings is 1. The molecule has 1 saturated carbocycles. The minimum atomic E-state index is -1.32. The Bertz CT molecular complexity index is 1980. The Balaban J connectivity index is 1.27. The van der Waals surface area contributed by atoms with Gasteiger partial charge in [0.25, 0.3) is 5.56 Å². The van der Waals surface area contributed by atoms with Crippen LogP contribution in [0.5, 0.6) is 0 Å². The third kappa shape index (κ3) is 6.79. The summed E-state index contributed by atoms with van der Waals surface area (Å²) in [6, 6.07) is 9.79. The van der Waals surface area contributed by atoms with Gasteiger partial charge >= 0.3 is 11.7 Å². The van der Waals surface area contributed by atoms with Crippen LogP contribution in [-0.4, -0.2) is 56.2 Å². The summed E-state index contributed by atoms with van der Waals surface area (Å²) < 4.78 is 17.1. The summed E-state index contributed by atoms with van der Waals surface area (Å²) in [5.41, 5.74) is 2.31. The van der Waals surface area contributed by atoms with Crippen LogP contribution in [0.2, 0.25) is 0 Å². The zero-order valence-electron chi connectivity index (χ0n) is 26.9. The van der Waals surface area contributed by atoms with E-state index in [2.05, 4.69) is 39.3 Å². The second-order valence-electron chi connectivity index (χ2n) is 12.8. The molecule has 2 aromatic heterocycles. The molecule has 12 heteroatoms. The van der Waals surface area contributed by atoms with E-state index in [9.17, 15) is 24.3 Å². The van der Waals surface area contributed by atoms with Gasteiger partial charge in [0.15, 0.2) is 0 Å². The lowest BCUT2D eigenvalue weighted by Gasteiger charge is -2.38. The SMILES string of the molecule is CCc1cc(Nc2cc(=O)n(CCC[C@H](c3cc4[nH]c(C5CC5)c(C(=O)O)c(=O)c4cc3F)N3CCNC(C)C3)c(=O)[nH]2)ccc1C. The van der Waals surface area contributed by atoms with E-state index in [0.717, 1.165) is 35.6 Å². The second-order valence-corrected chi connectivity index (χ2v) is 12.8. The number of benzene rings is 2.